The van der Waals surface area contributed by atoms with E-state index in [1.165, 1.54) is 24.6 Å². The van der Waals surface area contributed by atoms with Crippen LogP contribution in [0.4, 0.5) is 0 Å². The summed E-state index contributed by atoms with van der Waals surface area (Å²) in [4.78, 5) is 32.0. The van der Waals surface area contributed by atoms with Gasteiger partial charge >= 0.3 is 11.9 Å². The predicted molar refractivity (Wildman–Crippen MR) is 177 cm³/mol. The Bertz CT molecular complexity index is 1200. The van der Waals surface area contributed by atoms with Gasteiger partial charge < -0.3 is 9.47 Å². The minimum absolute atomic E-state index is 0.112. The van der Waals surface area contributed by atoms with Gasteiger partial charge in [0, 0.05) is 20.6 Å². The zero-order valence-electron chi connectivity index (χ0n) is 26.0. The van der Waals surface area contributed by atoms with Gasteiger partial charge in [-0.05, 0) is 84.1 Å². The minimum Gasteiger partial charge on any atom is -0.462 e. The standard InChI is InChI=1S/C35H48O4S3/c1-20(2)24-13-11-22(5)17-27(24)38-34(36)32-26(29-9-7-15-40-29)19-31(30-10-8-16-41-30)42-33(32)35(37)39-28-18-23(6)12-14-25(28)21(3)4/h7-10,15-16,19-28,32-33H,11-14,17-18H2,1-6H3/t22-,23-,24+,25+,26-,27-,28-,32+,33+/m1/s1. The molecule has 0 spiro atoms. The van der Waals surface area contributed by atoms with E-state index >= 15 is 0 Å². The third-order valence-corrected chi connectivity index (χ3v) is 13.3. The Balaban J connectivity index is 1.49. The molecule has 2 fully saturated rings. The summed E-state index contributed by atoms with van der Waals surface area (Å²) in [6.07, 6.45) is 8.26. The highest BCUT2D eigenvalue weighted by Gasteiger charge is 2.48. The average molecular weight is 629 g/mol. The van der Waals surface area contributed by atoms with Crippen LogP contribution in [0, 0.1) is 41.4 Å². The van der Waals surface area contributed by atoms with Crippen LogP contribution in [0.2, 0.25) is 0 Å². The molecule has 3 aliphatic rings. The van der Waals surface area contributed by atoms with E-state index in [1.54, 1.807) is 22.7 Å². The summed E-state index contributed by atoms with van der Waals surface area (Å²) < 4.78 is 13.0. The molecule has 0 radical (unpaired) electrons. The molecule has 0 bridgehead atoms. The van der Waals surface area contributed by atoms with Crippen LogP contribution in [0.5, 0.6) is 0 Å². The van der Waals surface area contributed by atoms with Crippen molar-refractivity contribution in [3.8, 4) is 0 Å². The highest BCUT2D eigenvalue weighted by Crippen LogP contribution is 2.50. The highest BCUT2D eigenvalue weighted by atomic mass is 32.2. The number of carbonyl (C=O) groups is 2. The Morgan fingerprint density at radius 3 is 1.88 bits per heavy atom. The Hall–Kier alpha value is -1.57. The zero-order valence-corrected chi connectivity index (χ0v) is 28.4. The van der Waals surface area contributed by atoms with Crippen molar-refractivity contribution in [3.05, 3.63) is 50.9 Å². The summed E-state index contributed by atoms with van der Waals surface area (Å²) in [5.41, 5.74) is 0. The molecule has 2 aromatic rings. The summed E-state index contributed by atoms with van der Waals surface area (Å²) in [5.74, 6) is 1.26. The largest absolute Gasteiger partial charge is 0.462 e. The third kappa shape index (κ3) is 7.21. The first kappa shape index (κ1) is 31.8. The molecule has 5 rings (SSSR count). The van der Waals surface area contributed by atoms with Crippen LogP contribution in [0.1, 0.15) is 95.7 Å². The van der Waals surface area contributed by atoms with Gasteiger partial charge in [-0.15, -0.1) is 34.4 Å². The Morgan fingerprint density at radius 2 is 1.36 bits per heavy atom. The number of carbonyl (C=O) groups excluding carboxylic acids is 2. The maximum Gasteiger partial charge on any atom is 0.320 e. The van der Waals surface area contributed by atoms with E-state index in [-0.39, 0.29) is 30.1 Å². The summed E-state index contributed by atoms with van der Waals surface area (Å²) >= 11 is 4.82. The van der Waals surface area contributed by atoms with Gasteiger partial charge in [-0.3, -0.25) is 9.59 Å². The molecule has 230 valence electrons. The van der Waals surface area contributed by atoms with Gasteiger partial charge in [0.15, 0.2) is 0 Å². The van der Waals surface area contributed by atoms with Gasteiger partial charge in [0.25, 0.3) is 0 Å². The number of thiophene rings is 2. The number of thioether (sulfide) groups is 1. The lowest BCUT2D eigenvalue weighted by Gasteiger charge is -2.40. The number of hydrogen-bond acceptors (Lipinski definition) is 7. The first-order valence-electron chi connectivity index (χ1n) is 16.0. The number of ether oxygens (including phenoxy) is 2. The molecule has 0 amide bonds. The first-order chi connectivity index (χ1) is 20.1. The molecule has 7 heteroatoms. The smallest absolute Gasteiger partial charge is 0.320 e. The van der Waals surface area contributed by atoms with Crippen molar-refractivity contribution in [2.24, 2.45) is 41.4 Å². The Morgan fingerprint density at radius 1 is 0.786 bits per heavy atom. The van der Waals surface area contributed by atoms with Gasteiger partial charge in [-0.2, -0.15) is 0 Å². The Kier molecular flexibility index (Phi) is 10.6. The van der Waals surface area contributed by atoms with Crippen molar-refractivity contribution in [3.63, 3.8) is 0 Å². The second kappa shape index (κ2) is 14.0. The van der Waals surface area contributed by atoms with E-state index in [4.69, 9.17) is 9.47 Å². The van der Waals surface area contributed by atoms with E-state index < -0.39 is 11.2 Å². The van der Waals surface area contributed by atoms with Gasteiger partial charge in [0.2, 0.25) is 0 Å². The summed E-state index contributed by atoms with van der Waals surface area (Å²) in [6, 6.07) is 8.27. The lowest BCUT2D eigenvalue weighted by molar-refractivity contribution is -0.167. The SMILES string of the molecule is CC(C)[C@@H]1CC[C@@H](C)C[C@H]1OC(=O)[C@@H]1[C@@H](C(=O)O[C@@H]2C[C@H](C)CC[C@H]2C(C)C)SC(c2cccs2)=C[C@@H]1c1cccs1. The van der Waals surface area contributed by atoms with Crippen LogP contribution in [0.3, 0.4) is 0 Å². The van der Waals surface area contributed by atoms with Crippen molar-refractivity contribution in [1.82, 2.24) is 0 Å². The number of allylic oxidation sites excluding steroid dienone is 1. The van der Waals surface area contributed by atoms with Gasteiger partial charge in [0.1, 0.15) is 17.5 Å². The molecule has 0 aromatic carbocycles. The van der Waals surface area contributed by atoms with E-state index in [1.807, 2.05) is 12.1 Å². The molecule has 9 atom stereocenters. The molecule has 0 saturated heterocycles. The lowest BCUT2D eigenvalue weighted by Crippen LogP contribution is -2.45. The molecule has 3 heterocycles. The monoisotopic (exact) mass is 628 g/mol. The fourth-order valence-electron chi connectivity index (χ4n) is 7.41. The van der Waals surface area contributed by atoms with Crippen LogP contribution >= 0.6 is 34.4 Å². The molecular formula is C35H48O4S3. The molecule has 2 aromatic heterocycles. The summed E-state index contributed by atoms with van der Waals surface area (Å²) in [5, 5.41) is 3.47. The van der Waals surface area contributed by atoms with Crippen LogP contribution in [-0.2, 0) is 19.1 Å². The van der Waals surface area contributed by atoms with Crippen LogP contribution in [0.15, 0.2) is 41.1 Å². The lowest BCUT2D eigenvalue weighted by atomic mass is 9.75. The molecule has 42 heavy (non-hydrogen) atoms. The van der Waals surface area contributed by atoms with Crippen LogP contribution < -0.4 is 0 Å². The van der Waals surface area contributed by atoms with Gasteiger partial charge in [0.05, 0.1) is 5.92 Å². The molecule has 0 unspecified atom stereocenters. The minimum atomic E-state index is -0.657. The fourth-order valence-corrected chi connectivity index (χ4v) is 10.5. The normalized spacial score (nSPS) is 33.8. The third-order valence-electron chi connectivity index (χ3n) is 9.90. The van der Waals surface area contributed by atoms with Crippen molar-refractivity contribution in [2.75, 3.05) is 0 Å². The Labute approximate surface area is 265 Å². The van der Waals surface area contributed by atoms with E-state index in [0.29, 0.717) is 35.5 Å². The van der Waals surface area contributed by atoms with E-state index in [0.717, 1.165) is 40.3 Å². The van der Waals surface area contributed by atoms with Crippen molar-refractivity contribution >= 4 is 51.3 Å². The highest BCUT2D eigenvalue weighted by molar-refractivity contribution is 8.09. The second-order valence-corrected chi connectivity index (χ2v) is 16.8. The zero-order chi connectivity index (χ0) is 30.0. The average Bonchev–Trinajstić information content (AvgIpc) is 3.67. The maximum atomic E-state index is 14.4. The fraction of sp³-hybridized carbons (Fsp3) is 0.657. The van der Waals surface area contributed by atoms with E-state index in [2.05, 4.69) is 70.5 Å². The number of esters is 2. The van der Waals surface area contributed by atoms with Crippen molar-refractivity contribution < 1.29 is 19.1 Å². The topological polar surface area (TPSA) is 52.6 Å². The van der Waals surface area contributed by atoms with Gasteiger partial charge in [-0.25, -0.2) is 0 Å². The second-order valence-electron chi connectivity index (χ2n) is 13.7. The van der Waals surface area contributed by atoms with Crippen molar-refractivity contribution in [1.29, 1.82) is 0 Å². The van der Waals surface area contributed by atoms with Crippen LogP contribution in [0.25, 0.3) is 4.91 Å². The predicted octanol–water partition coefficient (Wildman–Crippen LogP) is 9.67. The number of rotatable bonds is 8. The summed E-state index contributed by atoms with van der Waals surface area (Å²) in [7, 11) is 0. The maximum absolute atomic E-state index is 14.4. The molecular weight excluding hydrogens is 581 g/mol. The molecule has 2 aliphatic carbocycles. The summed E-state index contributed by atoms with van der Waals surface area (Å²) in [6.45, 7) is 13.5. The molecule has 2 saturated carbocycles. The molecule has 0 N–H and O–H groups in total. The molecule has 1 aliphatic heterocycles. The quantitative estimate of drug-likeness (QED) is 0.273. The number of hydrogen-bond donors (Lipinski definition) is 0. The van der Waals surface area contributed by atoms with Crippen molar-refractivity contribution in [2.45, 2.75) is 103 Å². The van der Waals surface area contributed by atoms with E-state index in [9.17, 15) is 9.59 Å². The first-order valence-corrected chi connectivity index (χ1v) is 18.6. The van der Waals surface area contributed by atoms with Gasteiger partial charge in [-0.1, -0.05) is 72.6 Å². The molecule has 4 nitrogen and oxygen atoms in total. The van der Waals surface area contributed by atoms with Crippen LogP contribution in [-0.4, -0.2) is 29.4 Å².